The number of nitrogens with zero attached hydrogens (tertiary/aromatic N) is 8. The predicted octanol–water partition coefficient (Wildman–Crippen LogP) is 2.31. The molecule has 1 atom stereocenters. The van der Waals surface area contributed by atoms with Crippen molar-refractivity contribution in [3.05, 3.63) is 41.5 Å². The quantitative estimate of drug-likeness (QED) is 0.551. The van der Waals surface area contributed by atoms with Gasteiger partial charge >= 0.3 is 0 Å². The average Bonchev–Trinajstić information content (AvgIpc) is 3.30. The van der Waals surface area contributed by atoms with Gasteiger partial charge in [-0.3, -0.25) is 24.2 Å². The molecular formula is C27H31N9O. The first kappa shape index (κ1) is 23.4. The lowest BCUT2D eigenvalue weighted by molar-refractivity contribution is 0.0818. The molecule has 190 valence electrons. The summed E-state index contributed by atoms with van der Waals surface area (Å²) in [7, 11) is 0. The standard InChI is InChI=1S/C27H31N9O/c1-3-4-14-34-23-24(32-27(34)33-13-7-9-19(28)16-33)35-15-8-12-29-26(35)36(25(23)37)17-22-30-18(2)20-10-5-6-11-21(20)31-22/h5-6,10-11,19H,7-9,12-17,28H2,1-2H3/t19-/m1/s1. The highest BCUT2D eigenvalue weighted by molar-refractivity contribution is 6.17. The van der Waals surface area contributed by atoms with Crippen molar-refractivity contribution in [2.45, 2.75) is 52.2 Å². The first-order valence-electron chi connectivity index (χ1n) is 12.9. The zero-order chi connectivity index (χ0) is 25.5. The maximum absolute atomic E-state index is 14.2. The highest BCUT2D eigenvalue weighted by atomic mass is 16.2. The minimum absolute atomic E-state index is 0.0841. The SMILES string of the molecule is CC#CCn1c(N2CCC[C@@H](N)C2)nc2c1C(=O)N(Cc1nc(C)c3ccccc3n1)C1=NCCCN12. The van der Waals surface area contributed by atoms with Crippen LogP contribution in [0.1, 0.15) is 48.2 Å². The van der Waals surface area contributed by atoms with E-state index in [0.717, 1.165) is 54.9 Å². The number of anilines is 2. The smallest absolute Gasteiger partial charge is 0.281 e. The molecule has 3 aliphatic rings. The third-order valence-electron chi connectivity index (χ3n) is 7.20. The highest BCUT2D eigenvalue weighted by Gasteiger charge is 2.42. The number of imidazole rings is 1. The van der Waals surface area contributed by atoms with Crippen molar-refractivity contribution >= 4 is 34.5 Å². The fourth-order valence-corrected chi connectivity index (χ4v) is 5.46. The molecule has 6 rings (SSSR count). The third-order valence-corrected chi connectivity index (χ3v) is 7.20. The number of benzene rings is 1. The molecule has 3 aromatic rings. The summed E-state index contributed by atoms with van der Waals surface area (Å²) in [5.74, 6) is 8.58. The van der Waals surface area contributed by atoms with E-state index in [1.54, 1.807) is 4.90 Å². The Kier molecular flexibility index (Phi) is 6.00. The number of para-hydroxylation sites is 1. The monoisotopic (exact) mass is 497 g/mol. The Hall–Kier alpha value is -3.97. The van der Waals surface area contributed by atoms with Crippen molar-refractivity contribution in [3.8, 4) is 11.8 Å². The van der Waals surface area contributed by atoms with Crippen LogP contribution in [0.4, 0.5) is 11.8 Å². The van der Waals surface area contributed by atoms with Gasteiger partial charge in [0.2, 0.25) is 11.9 Å². The molecule has 0 bridgehead atoms. The largest absolute Gasteiger partial charge is 0.341 e. The van der Waals surface area contributed by atoms with Gasteiger partial charge in [0, 0.05) is 43.3 Å². The Morgan fingerprint density at radius 1 is 1.14 bits per heavy atom. The second-order valence-electron chi connectivity index (χ2n) is 9.77. The minimum Gasteiger partial charge on any atom is -0.341 e. The molecule has 1 amide bonds. The second kappa shape index (κ2) is 9.48. The molecule has 2 N–H and O–H groups in total. The first-order chi connectivity index (χ1) is 18.0. The molecule has 37 heavy (non-hydrogen) atoms. The van der Waals surface area contributed by atoms with Gasteiger partial charge < -0.3 is 10.6 Å². The summed E-state index contributed by atoms with van der Waals surface area (Å²) in [5.41, 5.74) is 8.59. The van der Waals surface area contributed by atoms with Crippen molar-refractivity contribution in [2.24, 2.45) is 10.7 Å². The molecule has 5 heterocycles. The number of carbonyl (C=O) groups excluding carboxylic acids is 1. The Bertz CT molecular complexity index is 1460. The lowest BCUT2D eigenvalue weighted by Crippen LogP contribution is -2.54. The number of hydrogen-bond acceptors (Lipinski definition) is 8. The molecular weight excluding hydrogens is 466 g/mol. The number of hydrogen-bond donors (Lipinski definition) is 1. The van der Waals surface area contributed by atoms with Gasteiger partial charge in [0.05, 0.1) is 18.6 Å². The van der Waals surface area contributed by atoms with E-state index in [1.165, 1.54) is 0 Å². The number of amides is 1. The highest BCUT2D eigenvalue weighted by Crippen LogP contribution is 2.35. The van der Waals surface area contributed by atoms with Crippen molar-refractivity contribution in [1.82, 2.24) is 24.4 Å². The van der Waals surface area contributed by atoms with Crippen LogP contribution < -0.4 is 15.5 Å². The van der Waals surface area contributed by atoms with Crippen LogP contribution in [0.25, 0.3) is 10.9 Å². The van der Waals surface area contributed by atoms with Crippen molar-refractivity contribution in [3.63, 3.8) is 0 Å². The molecule has 0 aliphatic carbocycles. The number of guanidine groups is 1. The summed E-state index contributed by atoms with van der Waals surface area (Å²) in [6, 6.07) is 8.02. The Morgan fingerprint density at radius 3 is 2.84 bits per heavy atom. The zero-order valence-electron chi connectivity index (χ0n) is 21.3. The Balaban J connectivity index is 1.45. The molecule has 0 radical (unpaired) electrons. The van der Waals surface area contributed by atoms with Crippen LogP contribution in [-0.2, 0) is 13.1 Å². The molecule has 2 aromatic heterocycles. The normalized spacial score (nSPS) is 19.3. The number of piperidine rings is 1. The van der Waals surface area contributed by atoms with E-state index in [2.05, 4.69) is 21.6 Å². The Morgan fingerprint density at radius 2 is 2.00 bits per heavy atom. The van der Waals surface area contributed by atoms with Gasteiger partial charge in [-0.1, -0.05) is 24.1 Å². The number of aryl methyl sites for hydroxylation is 1. The van der Waals surface area contributed by atoms with Crippen molar-refractivity contribution in [1.29, 1.82) is 0 Å². The molecule has 1 aromatic carbocycles. The van der Waals surface area contributed by atoms with Gasteiger partial charge in [-0.2, -0.15) is 4.98 Å². The number of fused-ring (bicyclic) bond motifs is 4. The first-order valence-corrected chi connectivity index (χ1v) is 12.9. The fourth-order valence-electron chi connectivity index (χ4n) is 5.46. The molecule has 1 saturated heterocycles. The van der Waals surface area contributed by atoms with Crippen LogP contribution in [0.3, 0.4) is 0 Å². The second-order valence-corrected chi connectivity index (χ2v) is 9.77. The van der Waals surface area contributed by atoms with E-state index in [9.17, 15) is 4.79 Å². The molecule has 0 spiro atoms. The number of carbonyl (C=O) groups is 1. The van der Waals surface area contributed by atoms with E-state index in [4.69, 9.17) is 25.7 Å². The molecule has 0 unspecified atom stereocenters. The van der Waals surface area contributed by atoms with Crippen molar-refractivity contribution in [2.75, 3.05) is 36.0 Å². The Labute approximate surface area is 216 Å². The number of rotatable bonds is 4. The van der Waals surface area contributed by atoms with Gasteiger partial charge in [0.15, 0.2) is 11.5 Å². The predicted molar refractivity (Wildman–Crippen MR) is 144 cm³/mol. The van der Waals surface area contributed by atoms with Gasteiger partial charge in [-0.15, -0.1) is 5.92 Å². The van der Waals surface area contributed by atoms with Crippen LogP contribution >= 0.6 is 0 Å². The van der Waals surface area contributed by atoms with E-state index < -0.39 is 0 Å². The molecule has 10 nitrogen and oxygen atoms in total. The van der Waals surface area contributed by atoms with Gasteiger partial charge in [0.1, 0.15) is 5.82 Å². The van der Waals surface area contributed by atoms with Crippen LogP contribution in [0, 0.1) is 18.8 Å². The molecule has 0 saturated carbocycles. The lowest BCUT2D eigenvalue weighted by atomic mass is 10.1. The maximum Gasteiger partial charge on any atom is 0.281 e. The molecule has 10 heteroatoms. The summed E-state index contributed by atoms with van der Waals surface area (Å²) in [6.07, 6.45) is 2.88. The summed E-state index contributed by atoms with van der Waals surface area (Å²) >= 11 is 0. The average molecular weight is 498 g/mol. The molecule has 1 fully saturated rings. The van der Waals surface area contributed by atoms with Crippen LogP contribution in [-0.4, -0.2) is 68.5 Å². The van der Waals surface area contributed by atoms with Gasteiger partial charge in [0.25, 0.3) is 5.91 Å². The topological polar surface area (TPSA) is 109 Å². The van der Waals surface area contributed by atoms with Crippen molar-refractivity contribution < 1.29 is 4.79 Å². The fraction of sp³-hybridized carbons (Fsp3) is 0.444. The van der Waals surface area contributed by atoms with E-state index in [0.29, 0.717) is 42.9 Å². The summed E-state index contributed by atoms with van der Waals surface area (Å²) in [4.78, 5) is 39.4. The lowest BCUT2D eigenvalue weighted by Gasteiger charge is -2.38. The van der Waals surface area contributed by atoms with Crippen LogP contribution in [0.15, 0.2) is 29.3 Å². The van der Waals surface area contributed by atoms with Gasteiger partial charge in [-0.25, -0.2) is 9.97 Å². The van der Waals surface area contributed by atoms with E-state index in [1.807, 2.05) is 42.7 Å². The minimum atomic E-state index is -0.153. The summed E-state index contributed by atoms with van der Waals surface area (Å²) in [6.45, 7) is 7.36. The summed E-state index contributed by atoms with van der Waals surface area (Å²) < 4.78 is 1.96. The molecule has 3 aliphatic heterocycles. The number of nitrogens with two attached hydrogens (primary N) is 1. The third kappa shape index (κ3) is 4.09. The maximum atomic E-state index is 14.2. The van der Waals surface area contributed by atoms with E-state index >= 15 is 0 Å². The van der Waals surface area contributed by atoms with E-state index in [-0.39, 0.29) is 18.5 Å². The van der Waals surface area contributed by atoms with Gasteiger partial charge in [-0.05, 0) is 39.2 Å². The zero-order valence-corrected chi connectivity index (χ0v) is 21.3. The number of aromatic nitrogens is 4. The summed E-state index contributed by atoms with van der Waals surface area (Å²) in [5, 5.41) is 1.01. The number of aliphatic imine (C=N–C) groups is 1. The van der Waals surface area contributed by atoms with Crippen LogP contribution in [0.2, 0.25) is 0 Å². The van der Waals surface area contributed by atoms with Crippen LogP contribution in [0.5, 0.6) is 0 Å².